The van der Waals surface area contributed by atoms with E-state index < -0.39 is 5.82 Å². The summed E-state index contributed by atoms with van der Waals surface area (Å²) in [6, 6.07) is 5.06. The van der Waals surface area contributed by atoms with Crippen molar-refractivity contribution in [2.75, 3.05) is 23.3 Å². The smallest absolute Gasteiger partial charge is 0.275 e. The molecular weight excluding hydrogens is 456 g/mol. The number of nitriles is 1. The Morgan fingerprint density at radius 2 is 2.08 bits per heavy atom. The quantitative estimate of drug-likeness (QED) is 0.402. The van der Waals surface area contributed by atoms with Gasteiger partial charge >= 0.3 is 0 Å². The highest BCUT2D eigenvalue weighted by Gasteiger charge is 2.43. The summed E-state index contributed by atoms with van der Waals surface area (Å²) in [6.07, 6.45) is 8.70. The number of imidazole rings is 1. The lowest BCUT2D eigenvalue weighted by atomic mass is 9.38. The second-order valence-electron chi connectivity index (χ2n) is 10.0. The third kappa shape index (κ3) is 3.89. The van der Waals surface area contributed by atoms with Gasteiger partial charge in [-0.15, -0.1) is 0 Å². The van der Waals surface area contributed by atoms with Crippen LogP contribution in [0.3, 0.4) is 0 Å². The number of halogens is 1. The fourth-order valence-electron chi connectivity index (χ4n) is 5.56. The maximum Gasteiger partial charge on any atom is 0.275 e. The van der Waals surface area contributed by atoms with E-state index in [2.05, 4.69) is 21.2 Å². The average molecular weight is 483 g/mol. The molecule has 0 radical (unpaired) electrons. The van der Waals surface area contributed by atoms with E-state index in [1.807, 2.05) is 23.9 Å². The molecule has 1 saturated heterocycles. The second-order valence-corrected chi connectivity index (χ2v) is 10.0. The first-order valence-electron chi connectivity index (χ1n) is 12.6. The van der Waals surface area contributed by atoms with Gasteiger partial charge in [0.15, 0.2) is 11.5 Å². The number of anilines is 2. The van der Waals surface area contributed by atoms with E-state index >= 15 is 0 Å². The Hall–Kier alpha value is -3.87. The molecule has 1 N–H and O–H groups in total. The number of aromatic nitrogens is 4. The normalized spacial score (nSPS) is 17.6. The fourth-order valence-corrected chi connectivity index (χ4v) is 5.56. The average Bonchev–Trinajstić information content (AvgIpc) is 3.24. The van der Waals surface area contributed by atoms with Crippen molar-refractivity contribution in [1.29, 1.82) is 5.26 Å². The molecule has 1 unspecified atom stereocenters. The molecule has 3 aromatic heterocycles. The van der Waals surface area contributed by atoms with Gasteiger partial charge in [0.1, 0.15) is 5.52 Å². The van der Waals surface area contributed by atoms with E-state index in [-0.39, 0.29) is 18.3 Å². The molecule has 4 heterocycles. The molecule has 1 amide bonds. The minimum atomic E-state index is -0.498. The molecule has 8 nitrogen and oxygen atoms in total. The Morgan fingerprint density at radius 3 is 2.83 bits per heavy atom. The summed E-state index contributed by atoms with van der Waals surface area (Å²) in [5.41, 5.74) is 3.36. The minimum Gasteiger partial charge on any atom is -0.371 e. The lowest BCUT2D eigenvalue weighted by Gasteiger charge is -2.21. The minimum absolute atomic E-state index is 0.130. The molecule has 36 heavy (non-hydrogen) atoms. The number of hydrogen-bond acceptors (Lipinski definition) is 5. The maximum atomic E-state index is 14.5. The van der Waals surface area contributed by atoms with Gasteiger partial charge in [-0.3, -0.25) is 9.48 Å². The largest absolute Gasteiger partial charge is 0.371 e. The predicted octanol–water partition coefficient (Wildman–Crippen LogP) is 4.71. The van der Waals surface area contributed by atoms with Crippen LogP contribution in [-0.4, -0.2) is 44.9 Å². The van der Waals surface area contributed by atoms with E-state index in [0.29, 0.717) is 40.6 Å². The SMILES string of the molecule is CCn1cc2c(N3CCC(B(C#N)C4CC4)C3)ccc(C(=O)Nc3cc(F)c4nc(C)cn4c3)c2n1. The summed E-state index contributed by atoms with van der Waals surface area (Å²) in [7, 11) is 0. The highest BCUT2D eigenvalue weighted by Crippen LogP contribution is 2.46. The van der Waals surface area contributed by atoms with Crippen molar-refractivity contribution >= 4 is 40.5 Å². The first-order valence-corrected chi connectivity index (χ1v) is 12.6. The Balaban J connectivity index is 1.31. The molecule has 1 saturated carbocycles. The number of amides is 1. The van der Waals surface area contributed by atoms with Crippen LogP contribution < -0.4 is 10.2 Å². The third-order valence-corrected chi connectivity index (χ3v) is 7.51. The number of pyridine rings is 1. The monoisotopic (exact) mass is 483 g/mol. The third-order valence-electron chi connectivity index (χ3n) is 7.51. The first-order chi connectivity index (χ1) is 17.4. The van der Waals surface area contributed by atoms with E-state index in [4.69, 9.17) is 5.10 Å². The van der Waals surface area contributed by atoms with Crippen LogP contribution in [-0.2, 0) is 6.54 Å². The molecule has 1 atom stereocenters. The van der Waals surface area contributed by atoms with Crippen LogP contribution >= 0.6 is 0 Å². The number of benzene rings is 1. The fraction of sp³-hybridized carbons (Fsp3) is 0.385. The zero-order valence-corrected chi connectivity index (χ0v) is 20.4. The summed E-state index contributed by atoms with van der Waals surface area (Å²) in [5.74, 6) is 2.65. The van der Waals surface area contributed by atoms with Crippen LogP contribution in [0.1, 0.15) is 42.2 Å². The molecule has 0 spiro atoms. The predicted molar refractivity (Wildman–Crippen MR) is 138 cm³/mol. The van der Waals surface area contributed by atoms with Crippen molar-refractivity contribution < 1.29 is 9.18 Å². The molecule has 0 bridgehead atoms. The Morgan fingerprint density at radius 1 is 1.25 bits per heavy atom. The topological polar surface area (TPSA) is 91.2 Å². The number of hydrogen-bond donors (Lipinski definition) is 1. The van der Waals surface area contributed by atoms with Crippen LogP contribution in [0.25, 0.3) is 16.6 Å². The van der Waals surface area contributed by atoms with Crippen molar-refractivity contribution in [3.63, 3.8) is 0 Å². The van der Waals surface area contributed by atoms with Crippen LogP contribution in [0, 0.1) is 24.0 Å². The van der Waals surface area contributed by atoms with Gasteiger partial charge in [0.05, 0.1) is 16.9 Å². The molecule has 182 valence electrons. The van der Waals surface area contributed by atoms with Crippen molar-refractivity contribution in [1.82, 2.24) is 19.2 Å². The number of nitrogens with one attached hydrogen (secondary N) is 1. The standard InChI is InChI=1S/C26H27BFN7O/c1-3-35-14-21-23(33-9-8-18(12-33)27(15-29)17-4-5-17)7-6-20(24(21)32-35)26(36)31-19-10-22(28)25-30-16(2)11-34(25)13-19/h6-7,10-11,13-14,17-18H,3-5,8-9,12H2,1-2H3,(H,31,36). The first kappa shape index (κ1) is 22.6. The summed E-state index contributed by atoms with van der Waals surface area (Å²) >= 11 is 0. The zero-order valence-electron chi connectivity index (χ0n) is 20.4. The molecule has 1 aromatic carbocycles. The van der Waals surface area contributed by atoms with E-state index in [9.17, 15) is 14.4 Å². The number of carbonyl (C=O) groups is 1. The number of carbonyl (C=O) groups excluding carboxylic acids is 1. The number of fused-ring (bicyclic) bond motifs is 2. The van der Waals surface area contributed by atoms with Crippen LogP contribution in [0.5, 0.6) is 0 Å². The molecule has 6 rings (SSSR count). The summed E-state index contributed by atoms with van der Waals surface area (Å²) < 4.78 is 17.9. The molecular formula is C26H27BFN7O. The lowest BCUT2D eigenvalue weighted by molar-refractivity contribution is 0.102. The van der Waals surface area contributed by atoms with Crippen molar-refractivity contribution in [3.8, 4) is 5.97 Å². The van der Waals surface area contributed by atoms with Gasteiger partial charge in [-0.05, 0) is 44.0 Å². The second kappa shape index (κ2) is 8.66. The Bertz CT molecular complexity index is 1530. The van der Waals surface area contributed by atoms with E-state index in [1.165, 1.54) is 18.9 Å². The number of aryl methyl sites for hydroxylation is 2. The zero-order chi connectivity index (χ0) is 25.0. The van der Waals surface area contributed by atoms with E-state index in [1.54, 1.807) is 29.8 Å². The summed E-state index contributed by atoms with van der Waals surface area (Å²) in [5, 5.41) is 18.1. The lowest BCUT2D eigenvalue weighted by Crippen LogP contribution is -2.25. The van der Waals surface area contributed by atoms with Gasteiger partial charge in [-0.1, -0.05) is 12.8 Å². The van der Waals surface area contributed by atoms with Crippen molar-refractivity contribution in [3.05, 3.63) is 53.9 Å². The van der Waals surface area contributed by atoms with Gasteiger partial charge in [-0.2, -0.15) is 5.10 Å². The van der Waals surface area contributed by atoms with Crippen molar-refractivity contribution in [2.45, 2.75) is 51.3 Å². The highest BCUT2D eigenvalue weighted by molar-refractivity contribution is 6.70. The van der Waals surface area contributed by atoms with Crippen LogP contribution in [0.4, 0.5) is 15.8 Å². The van der Waals surface area contributed by atoms with E-state index in [0.717, 1.165) is 30.6 Å². The number of nitrogens with zero attached hydrogens (tertiary/aromatic N) is 6. The molecule has 1 aliphatic heterocycles. The molecule has 2 aliphatic rings. The van der Waals surface area contributed by atoms with Crippen LogP contribution in [0.15, 0.2) is 36.8 Å². The molecule has 4 aromatic rings. The summed E-state index contributed by atoms with van der Waals surface area (Å²) in [6.45, 7) is 6.34. The maximum absolute atomic E-state index is 14.5. The molecule has 1 aliphatic carbocycles. The summed E-state index contributed by atoms with van der Waals surface area (Å²) in [4.78, 5) is 19.8. The van der Waals surface area contributed by atoms with Gasteiger partial charge in [-0.25, -0.2) is 14.6 Å². The van der Waals surface area contributed by atoms with Gasteiger partial charge in [0.25, 0.3) is 12.6 Å². The van der Waals surface area contributed by atoms with Gasteiger partial charge in [0.2, 0.25) is 0 Å². The van der Waals surface area contributed by atoms with Crippen LogP contribution in [0.2, 0.25) is 11.6 Å². The highest BCUT2D eigenvalue weighted by atomic mass is 19.1. The Labute approximate surface area is 208 Å². The van der Waals surface area contributed by atoms with Gasteiger partial charge in [0, 0.05) is 61.3 Å². The molecule has 10 heteroatoms. The number of rotatable bonds is 6. The van der Waals surface area contributed by atoms with Crippen molar-refractivity contribution in [2.24, 2.45) is 0 Å². The van der Waals surface area contributed by atoms with Gasteiger partial charge < -0.3 is 14.6 Å². The molecule has 2 fully saturated rings. The Kier molecular flexibility index (Phi) is 5.43.